The van der Waals surface area contributed by atoms with Crippen molar-refractivity contribution in [3.05, 3.63) is 0 Å². The van der Waals surface area contributed by atoms with E-state index in [1.165, 1.54) is 11.8 Å². The summed E-state index contributed by atoms with van der Waals surface area (Å²) in [5, 5.41) is 11.6. The van der Waals surface area contributed by atoms with E-state index < -0.39 is 0 Å². The van der Waals surface area contributed by atoms with Gasteiger partial charge in [0.2, 0.25) is 0 Å². The van der Waals surface area contributed by atoms with Gasteiger partial charge >= 0.3 is 0 Å². The van der Waals surface area contributed by atoms with Crippen molar-refractivity contribution in [3.63, 3.8) is 0 Å². The molecule has 5 nitrogen and oxygen atoms in total. The van der Waals surface area contributed by atoms with Gasteiger partial charge in [-0.25, -0.2) is 0 Å². The third kappa shape index (κ3) is 4.51. The van der Waals surface area contributed by atoms with Crippen LogP contribution in [0.25, 0.3) is 0 Å². The van der Waals surface area contributed by atoms with Crippen LogP contribution in [0.15, 0.2) is 4.99 Å². The lowest BCUT2D eigenvalue weighted by Gasteiger charge is -2.29. The topological polar surface area (TPSA) is 60.6 Å². The van der Waals surface area contributed by atoms with E-state index in [0.29, 0.717) is 11.7 Å². The number of nitrogens with zero attached hydrogens (tertiary/aromatic N) is 3. The van der Waals surface area contributed by atoms with Crippen LogP contribution in [0.5, 0.6) is 0 Å². The van der Waals surface area contributed by atoms with Crippen LogP contribution in [0.4, 0.5) is 0 Å². The number of likely N-dealkylation sites (N-methyl/N-ethyl adjacent to an activating group) is 1. The SMILES string of the molecule is CSC(=NCC1CN(C)CCO1)NC#N. The molecule has 1 rings (SSSR count). The van der Waals surface area contributed by atoms with Crippen LogP contribution < -0.4 is 5.32 Å². The van der Waals surface area contributed by atoms with Crippen molar-refractivity contribution in [3.8, 4) is 6.19 Å². The van der Waals surface area contributed by atoms with Crippen LogP contribution in [0, 0.1) is 11.5 Å². The first kappa shape index (κ1) is 12.3. The number of amidine groups is 1. The Kier molecular flexibility index (Phi) is 5.47. The van der Waals surface area contributed by atoms with Gasteiger partial charge in [-0.1, -0.05) is 11.8 Å². The standard InChI is InChI=1S/C9H16N4OS/c1-13-3-4-14-8(6-13)5-11-9(15-2)12-7-10/h8H,3-6H2,1-2H3,(H,11,12). The van der Waals surface area contributed by atoms with E-state index in [-0.39, 0.29) is 6.10 Å². The Bertz CT molecular complexity index is 263. The zero-order valence-electron chi connectivity index (χ0n) is 9.06. The van der Waals surface area contributed by atoms with E-state index in [2.05, 4.69) is 22.3 Å². The van der Waals surface area contributed by atoms with Crippen LogP contribution >= 0.6 is 11.8 Å². The molecule has 1 fully saturated rings. The highest BCUT2D eigenvalue weighted by Crippen LogP contribution is 2.04. The van der Waals surface area contributed by atoms with E-state index in [1.807, 2.05) is 12.4 Å². The largest absolute Gasteiger partial charge is 0.374 e. The second-order valence-electron chi connectivity index (χ2n) is 3.34. The quantitative estimate of drug-likeness (QED) is 0.314. The van der Waals surface area contributed by atoms with E-state index in [4.69, 9.17) is 10.00 Å². The van der Waals surface area contributed by atoms with Crippen molar-refractivity contribution >= 4 is 16.9 Å². The average molecular weight is 228 g/mol. The van der Waals surface area contributed by atoms with E-state index >= 15 is 0 Å². The summed E-state index contributed by atoms with van der Waals surface area (Å²) in [5.74, 6) is 0. The van der Waals surface area contributed by atoms with Crippen molar-refractivity contribution in [1.29, 1.82) is 5.26 Å². The summed E-state index contributed by atoms with van der Waals surface area (Å²) < 4.78 is 5.55. The fourth-order valence-electron chi connectivity index (χ4n) is 1.36. The molecule has 0 saturated carbocycles. The zero-order chi connectivity index (χ0) is 11.1. The minimum Gasteiger partial charge on any atom is -0.374 e. The van der Waals surface area contributed by atoms with Crippen LogP contribution in [-0.4, -0.2) is 55.7 Å². The summed E-state index contributed by atoms with van der Waals surface area (Å²) >= 11 is 1.43. The molecule has 0 aromatic rings. The molecular weight excluding hydrogens is 212 g/mol. The van der Waals surface area contributed by atoms with Gasteiger partial charge in [-0.05, 0) is 13.3 Å². The number of rotatable bonds is 2. The molecule has 1 aliphatic heterocycles. The van der Waals surface area contributed by atoms with Crippen LogP contribution in [-0.2, 0) is 4.74 Å². The highest BCUT2D eigenvalue weighted by atomic mass is 32.2. The molecule has 0 bridgehead atoms. The summed E-state index contributed by atoms with van der Waals surface area (Å²) in [5.41, 5.74) is 0. The van der Waals surface area contributed by atoms with Gasteiger partial charge in [-0.2, -0.15) is 5.26 Å². The summed E-state index contributed by atoms with van der Waals surface area (Å²) in [4.78, 5) is 6.51. The Morgan fingerprint density at radius 2 is 2.60 bits per heavy atom. The number of morpholine rings is 1. The molecule has 0 radical (unpaired) electrons. The monoisotopic (exact) mass is 228 g/mol. The molecule has 1 unspecified atom stereocenters. The van der Waals surface area contributed by atoms with E-state index in [9.17, 15) is 0 Å². The van der Waals surface area contributed by atoms with Gasteiger partial charge in [-0.15, -0.1) is 0 Å². The third-order valence-corrected chi connectivity index (χ3v) is 2.75. The minimum atomic E-state index is 0.145. The Hall–Kier alpha value is -0.770. The summed E-state index contributed by atoms with van der Waals surface area (Å²) in [7, 11) is 2.07. The van der Waals surface area contributed by atoms with Gasteiger partial charge in [0, 0.05) is 13.1 Å². The van der Waals surface area contributed by atoms with Gasteiger partial charge in [0.15, 0.2) is 11.4 Å². The Morgan fingerprint density at radius 1 is 1.80 bits per heavy atom. The van der Waals surface area contributed by atoms with E-state index in [0.717, 1.165) is 19.7 Å². The van der Waals surface area contributed by atoms with Crippen molar-refractivity contribution < 1.29 is 4.74 Å². The predicted molar refractivity (Wildman–Crippen MR) is 61.8 cm³/mol. The molecule has 1 aliphatic rings. The molecule has 6 heteroatoms. The number of ether oxygens (including phenoxy) is 1. The molecule has 84 valence electrons. The third-order valence-electron chi connectivity index (χ3n) is 2.14. The summed E-state index contributed by atoms with van der Waals surface area (Å²) in [6.07, 6.45) is 3.89. The molecule has 15 heavy (non-hydrogen) atoms. The highest BCUT2D eigenvalue weighted by Gasteiger charge is 2.16. The van der Waals surface area contributed by atoms with Crippen LogP contribution in [0.1, 0.15) is 0 Å². The first-order valence-corrected chi connectivity index (χ1v) is 6.02. The molecule has 0 spiro atoms. The molecule has 1 N–H and O–H groups in total. The highest BCUT2D eigenvalue weighted by molar-refractivity contribution is 8.13. The van der Waals surface area contributed by atoms with Gasteiger partial charge in [0.05, 0.1) is 19.3 Å². The molecule has 0 aromatic carbocycles. The van der Waals surface area contributed by atoms with Crippen molar-refractivity contribution in [2.75, 3.05) is 39.5 Å². The summed E-state index contributed by atoms with van der Waals surface area (Å²) in [6.45, 7) is 3.25. The van der Waals surface area contributed by atoms with Crippen molar-refractivity contribution in [1.82, 2.24) is 10.2 Å². The molecule has 1 heterocycles. The van der Waals surface area contributed by atoms with Crippen molar-refractivity contribution in [2.45, 2.75) is 6.10 Å². The number of thioether (sulfide) groups is 1. The number of hydrogen-bond donors (Lipinski definition) is 1. The number of nitrogens with one attached hydrogen (secondary N) is 1. The number of hydrogen-bond acceptors (Lipinski definition) is 5. The van der Waals surface area contributed by atoms with Crippen LogP contribution in [0.2, 0.25) is 0 Å². The molecule has 1 atom stereocenters. The zero-order valence-corrected chi connectivity index (χ0v) is 9.88. The molecule has 0 amide bonds. The normalized spacial score (nSPS) is 23.5. The van der Waals surface area contributed by atoms with Gasteiger partial charge < -0.3 is 9.64 Å². The maximum absolute atomic E-state index is 8.45. The number of nitriles is 1. The lowest BCUT2D eigenvalue weighted by molar-refractivity contribution is -0.0135. The van der Waals surface area contributed by atoms with Crippen LogP contribution in [0.3, 0.4) is 0 Å². The Labute approximate surface area is 94.5 Å². The summed E-state index contributed by atoms with van der Waals surface area (Å²) in [6, 6.07) is 0. The Morgan fingerprint density at radius 3 is 3.20 bits per heavy atom. The molecular formula is C9H16N4OS. The fraction of sp³-hybridized carbons (Fsp3) is 0.778. The van der Waals surface area contributed by atoms with Gasteiger partial charge in [-0.3, -0.25) is 10.3 Å². The molecule has 1 saturated heterocycles. The minimum absolute atomic E-state index is 0.145. The maximum Gasteiger partial charge on any atom is 0.183 e. The van der Waals surface area contributed by atoms with E-state index in [1.54, 1.807) is 0 Å². The fourth-order valence-corrected chi connectivity index (χ4v) is 1.72. The Balaban J connectivity index is 2.37. The average Bonchev–Trinajstić information content (AvgIpc) is 2.24. The van der Waals surface area contributed by atoms with Gasteiger partial charge in [0.25, 0.3) is 0 Å². The second-order valence-corrected chi connectivity index (χ2v) is 4.14. The first-order chi connectivity index (χ1) is 7.26. The molecule has 0 aliphatic carbocycles. The van der Waals surface area contributed by atoms with Gasteiger partial charge in [0.1, 0.15) is 0 Å². The second kappa shape index (κ2) is 6.67. The molecule has 0 aromatic heterocycles. The smallest absolute Gasteiger partial charge is 0.183 e. The lowest BCUT2D eigenvalue weighted by atomic mass is 10.3. The maximum atomic E-state index is 8.45. The first-order valence-electron chi connectivity index (χ1n) is 4.80. The lowest BCUT2D eigenvalue weighted by Crippen LogP contribution is -2.41. The van der Waals surface area contributed by atoms with Crippen molar-refractivity contribution in [2.24, 2.45) is 4.99 Å². The predicted octanol–water partition coefficient (Wildman–Crippen LogP) is 0.107. The number of aliphatic imine (C=N–C) groups is 1.